The minimum absolute atomic E-state index is 0.0261. The molecule has 0 aliphatic carbocycles. The van der Waals surface area contributed by atoms with E-state index < -0.39 is 23.8 Å². The van der Waals surface area contributed by atoms with E-state index in [4.69, 9.17) is 9.47 Å². The van der Waals surface area contributed by atoms with Crippen LogP contribution in [0.1, 0.15) is 38.3 Å². The number of carbonyl (C=O) groups excluding carboxylic acids is 4. The van der Waals surface area contributed by atoms with Gasteiger partial charge >= 0.3 is 0 Å². The van der Waals surface area contributed by atoms with Crippen molar-refractivity contribution in [2.45, 2.75) is 25.5 Å². The van der Waals surface area contributed by atoms with Gasteiger partial charge in [-0.25, -0.2) is 0 Å². The minimum atomic E-state index is -0.913. The second kappa shape index (κ2) is 13.5. The number of amides is 3. The summed E-state index contributed by atoms with van der Waals surface area (Å²) in [5, 5.41) is 2.75. The monoisotopic (exact) mass is 562 g/mol. The van der Waals surface area contributed by atoms with E-state index in [9.17, 15) is 19.2 Å². The summed E-state index contributed by atoms with van der Waals surface area (Å²) in [5.41, 5.74) is 2.35. The molecule has 0 radical (unpaired) electrons. The van der Waals surface area contributed by atoms with Gasteiger partial charge < -0.3 is 14.8 Å². The molecule has 0 saturated carbocycles. The first-order valence-corrected chi connectivity index (χ1v) is 13.7. The summed E-state index contributed by atoms with van der Waals surface area (Å²) >= 11 is 0. The molecule has 0 fully saturated rings. The number of rotatable bonds is 13. The summed E-state index contributed by atoms with van der Waals surface area (Å²) in [4.78, 5) is 52.6. The number of para-hydroxylation sites is 1. The lowest BCUT2D eigenvalue weighted by atomic mass is 10.0. The highest BCUT2D eigenvalue weighted by Crippen LogP contribution is 2.23. The third kappa shape index (κ3) is 7.16. The quantitative estimate of drug-likeness (QED) is 0.231. The van der Waals surface area contributed by atoms with Crippen LogP contribution in [0.3, 0.4) is 0 Å². The second-order valence-electron chi connectivity index (χ2n) is 9.88. The van der Waals surface area contributed by atoms with E-state index in [2.05, 4.69) is 5.32 Å². The highest BCUT2D eigenvalue weighted by Gasteiger charge is 2.35. The molecule has 1 atom stereocenters. The Labute approximate surface area is 243 Å². The van der Waals surface area contributed by atoms with Crippen molar-refractivity contribution in [2.75, 3.05) is 13.2 Å². The lowest BCUT2D eigenvalue weighted by Gasteiger charge is -2.19. The van der Waals surface area contributed by atoms with Gasteiger partial charge in [0.15, 0.2) is 5.78 Å². The van der Waals surface area contributed by atoms with Crippen LogP contribution in [-0.2, 0) is 27.4 Å². The van der Waals surface area contributed by atoms with Gasteiger partial charge in [0, 0.05) is 19.4 Å². The van der Waals surface area contributed by atoms with Crippen molar-refractivity contribution in [2.24, 2.45) is 0 Å². The zero-order valence-corrected chi connectivity index (χ0v) is 22.9. The van der Waals surface area contributed by atoms with Gasteiger partial charge in [0.25, 0.3) is 11.8 Å². The first kappa shape index (κ1) is 28.4. The maximum Gasteiger partial charge on any atom is 0.261 e. The lowest BCUT2D eigenvalue weighted by molar-refractivity contribution is -0.129. The minimum Gasteiger partial charge on any atom is -0.457 e. The Kier molecular flexibility index (Phi) is 9.16. The molecule has 212 valence electrons. The molecule has 8 heteroatoms. The van der Waals surface area contributed by atoms with Crippen molar-refractivity contribution in [3.8, 4) is 11.5 Å². The SMILES string of the molecule is O=C(CCN1C(=O)c2ccccc2C1=O)NC(COCc1ccccc1)C(=O)Cc1ccc(Oc2ccccc2)cc1. The molecule has 0 spiro atoms. The van der Waals surface area contributed by atoms with Crippen LogP contribution in [-0.4, -0.2) is 47.6 Å². The molecule has 1 N–H and O–H groups in total. The predicted octanol–water partition coefficient (Wildman–Crippen LogP) is 4.98. The number of Topliss-reactive ketones (excluding diaryl/α,β-unsaturated/α-hetero) is 1. The largest absolute Gasteiger partial charge is 0.457 e. The normalized spacial score (nSPS) is 13.0. The van der Waals surface area contributed by atoms with Crippen LogP contribution < -0.4 is 10.1 Å². The Morgan fingerprint density at radius 1 is 0.690 bits per heavy atom. The van der Waals surface area contributed by atoms with E-state index in [0.29, 0.717) is 22.6 Å². The van der Waals surface area contributed by atoms with Crippen LogP contribution in [0.25, 0.3) is 0 Å². The van der Waals surface area contributed by atoms with Gasteiger partial charge in [-0.3, -0.25) is 24.1 Å². The molecule has 1 unspecified atom stereocenters. The van der Waals surface area contributed by atoms with Crippen LogP contribution >= 0.6 is 0 Å². The molecule has 0 aromatic heterocycles. The zero-order chi connectivity index (χ0) is 29.3. The number of imide groups is 1. The summed E-state index contributed by atoms with van der Waals surface area (Å²) in [6, 6.07) is 31.8. The number of benzene rings is 4. The Balaban J connectivity index is 1.20. The second-order valence-corrected chi connectivity index (χ2v) is 9.88. The van der Waals surface area contributed by atoms with Crippen LogP contribution in [0.15, 0.2) is 109 Å². The average molecular weight is 563 g/mol. The standard InChI is InChI=1S/C34H30N2O6/c37-31(21-24-15-17-27(18-16-24)42-26-11-5-2-6-12-26)30(23-41-22-25-9-3-1-4-10-25)35-32(38)19-20-36-33(39)28-13-7-8-14-29(28)34(36)40/h1-18,30H,19-23H2,(H,35,38). The highest BCUT2D eigenvalue weighted by atomic mass is 16.5. The van der Waals surface area contributed by atoms with Crippen molar-refractivity contribution in [1.82, 2.24) is 10.2 Å². The van der Waals surface area contributed by atoms with Crippen molar-refractivity contribution in [3.63, 3.8) is 0 Å². The number of carbonyl (C=O) groups is 4. The van der Waals surface area contributed by atoms with Crippen LogP contribution in [0.4, 0.5) is 0 Å². The number of hydrogen-bond donors (Lipinski definition) is 1. The molecule has 0 saturated heterocycles. The fraction of sp³-hybridized carbons (Fsp3) is 0.176. The van der Waals surface area contributed by atoms with E-state index >= 15 is 0 Å². The Hall–Kier alpha value is -5.08. The maximum atomic E-state index is 13.3. The molecule has 8 nitrogen and oxygen atoms in total. The Morgan fingerprint density at radius 2 is 1.26 bits per heavy atom. The molecule has 42 heavy (non-hydrogen) atoms. The highest BCUT2D eigenvalue weighted by molar-refractivity contribution is 6.21. The van der Waals surface area contributed by atoms with Gasteiger partial charge in [-0.1, -0.05) is 72.8 Å². The van der Waals surface area contributed by atoms with E-state index in [-0.39, 0.29) is 38.4 Å². The summed E-state index contributed by atoms with van der Waals surface area (Å²) < 4.78 is 11.6. The number of fused-ring (bicyclic) bond motifs is 1. The molecule has 4 aromatic carbocycles. The number of hydrogen-bond acceptors (Lipinski definition) is 6. The fourth-order valence-corrected chi connectivity index (χ4v) is 4.63. The molecule has 1 aliphatic rings. The van der Waals surface area contributed by atoms with Crippen LogP contribution in [0.5, 0.6) is 11.5 Å². The molecule has 3 amide bonds. The predicted molar refractivity (Wildman–Crippen MR) is 156 cm³/mol. The van der Waals surface area contributed by atoms with Gasteiger partial charge in [-0.15, -0.1) is 0 Å². The van der Waals surface area contributed by atoms with E-state index in [1.165, 1.54) is 0 Å². The maximum absolute atomic E-state index is 13.3. The number of ketones is 1. The molecule has 1 heterocycles. The topological polar surface area (TPSA) is 102 Å². The van der Waals surface area contributed by atoms with Gasteiger partial charge in [-0.2, -0.15) is 0 Å². The number of nitrogens with one attached hydrogen (secondary N) is 1. The van der Waals surface area contributed by atoms with Crippen molar-refractivity contribution in [1.29, 1.82) is 0 Å². The molecular weight excluding hydrogens is 532 g/mol. The first-order valence-electron chi connectivity index (χ1n) is 13.7. The molecule has 4 aromatic rings. The van der Waals surface area contributed by atoms with Crippen molar-refractivity contribution < 1.29 is 28.7 Å². The van der Waals surface area contributed by atoms with Crippen LogP contribution in [0.2, 0.25) is 0 Å². The first-order chi connectivity index (χ1) is 20.5. The van der Waals surface area contributed by atoms with Gasteiger partial charge in [-0.05, 0) is 47.5 Å². The van der Waals surface area contributed by atoms with Gasteiger partial charge in [0.1, 0.15) is 17.5 Å². The van der Waals surface area contributed by atoms with Crippen molar-refractivity contribution >= 4 is 23.5 Å². The summed E-state index contributed by atoms with van der Waals surface area (Å²) in [7, 11) is 0. The van der Waals surface area contributed by atoms with E-state index in [1.807, 2.05) is 72.8 Å². The third-order valence-electron chi connectivity index (χ3n) is 6.84. The average Bonchev–Trinajstić information content (AvgIpc) is 3.26. The number of ether oxygens (including phenoxy) is 2. The smallest absolute Gasteiger partial charge is 0.261 e. The zero-order valence-electron chi connectivity index (χ0n) is 22.9. The lowest BCUT2D eigenvalue weighted by Crippen LogP contribution is -2.46. The fourth-order valence-electron chi connectivity index (χ4n) is 4.63. The Bertz CT molecular complexity index is 1520. The molecule has 5 rings (SSSR count). The van der Waals surface area contributed by atoms with E-state index in [0.717, 1.165) is 16.0 Å². The molecule has 1 aliphatic heterocycles. The van der Waals surface area contributed by atoms with Crippen molar-refractivity contribution in [3.05, 3.63) is 131 Å². The van der Waals surface area contributed by atoms with E-state index in [1.54, 1.807) is 36.4 Å². The number of nitrogens with zero attached hydrogens (tertiary/aromatic N) is 1. The summed E-state index contributed by atoms with van der Waals surface area (Å²) in [6.45, 7) is 0.162. The van der Waals surface area contributed by atoms with Crippen LogP contribution in [0, 0.1) is 0 Å². The Morgan fingerprint density at radius 3 is 1.90 bits per heavy atom. The summed E-state index contributed by atoms with van der Waals surface area (Å²) in [6.07, 6.45) is -0.0663. The van der Waals surface area contributed by atoms with Gasteiger partial charge in [0.2, 0.25) is 5.91 Å². The molecular formula is C34H30N2O6. The molecule has 0 bridgehead atoms. The third-order valence-corrected chi connectivity index (χ3v) is 6.84. The van der Waals surface area contributed by atoms with Gasteiger partial charge in [0.05, 0.1) is 24.3 Å². The summed E-state index contributed by atoms with van der Waals surface area (Å²) in [5.74, 6) is -0.194.